The van der Waals surface area contributed by atoms with E-state index in [1.54, 1.807) is 6.20 Å². The van der Waals surface area contributed by atoms with Gasteiger partial charge in [-0.1, -0.05) is 18.2 Å². The number of carbonyl (C=O) groups excluding carboxylic acids is 2. The van der Waals surface area contributed by atoms with Crippen molar-refractivity contribution in [3.63, 3.8) is 0 Å². The summed E-state index contributed by atoms with van der Waals surface area (Å²) >= 11 is 0. The van der Waals surface area contributed by atoms with Crippen LogP contribution in [0.1, 0.15) is 22.3 Å². The molecular formula is C17H17FN4O2. The first-order valence-corrected chi connectivity index (χ1v) is 7.69. The second-order valence-electron chi connectivity index (χ2n) is 5.91. The number of nitriles is 1. The lowest BCUT2D eigenvalue weighted by Gasteiger charge is -2.19. The molecule has 0 bridgehead atoms. The molecular weight excluding hydrogens is 311 g/mol. The molecule has 1 aromatic carbocycles. The van der Waals surface area contributed by atoms with E-state index in [9.17, 15) is 14.0 Å². The number of aryl methyl sites for hydroxylation is 1. The highest BCUT2D eigenvalue weighted by atomic mass is 19.1. The highest BCUT2D eigenvalue weighted by Gasteiger charge is 2.35. The summed E-state index contributed by atoms with van der Waals surface area (Å²) in [6.45, 7) is 1.58. The second kappa shape index (κ2) is 6.32. The van der Waals surface area contributed by atoms with E-state index in [2.05, 4.69) is 10.3 Å². The number of amides is 2. The number of carbonyl (C=O) groups is 2. The lowest BCUT2D eigenvalue weighted by Crippen LogP contribution is -2.42. The van der Waals surface area contributed by atoms with Gasteiger partial charge in [-0.3, -0.25) is 9.59 Å². The Morgan fingerprint density at radius 1 is 1.50 bits per heavy atom. The van der Waals surface area contributed by atoms with Crippen molar-refractivity contribution in [2.24, 2.45) is 0 Å². The molecule has 7 heteroatoms. The summed E-state index contributed by atoms with van der Waals surface area (Å²) in [6, 6.07) is 6.78. The predicted molar refractivity (Wildman–Crippen MR) is 86.0 cm³/mol. The van der Waals surface area contributed by atoms with Crippen LogP contribution in [0.5, 0.6) is 0 Å². The van der Waals surface area contributed by atoms with Crippen molar-refractivity contribution in [1.29, 1.82) is 5.26 Å². The molecule has 24 heavy (non-hydrogen) atoms. The van der Waals surface area contributed by atoms with Gasteiger partial charge in [-0.15, -0.1) is 0 Å². The van der Waals surface area contributed by atoms with Crippen molar-refractivity contribution >= 4 is 22.7 Å². The smallest absolute Gasteiger partial charge is 0.253 e. The van der Waals surface area contributed by atoms with E-state index in [1.807, 2.05) is 31.2 Å². The van der Waals surface area contributed by atoms with Crippen molar-refractivity contribution in [3.8, 4) is 6.07 Å². The maximum Gasteiger partial charge on any atom is 0.253 e. The molecule has 1 saturated heterocycles. The van der Waals surface area contributed by atoms with Crippen LogP contribution in [0.4, 0.5) is 4.39 Å². The lowest BCUT2D eigenvalue weighted by atomic mass is 10.1. The number of aromatic amines is 1. The van der Waals surface area contributed by atoms with Gasteiger partial charge in [-0.2, -0.15) is 5.26 Å². The monoisotopic (exact) mass is 328 g/mol. The minimum absolute atomic E-state index is 0.0257. The van der Waals surface area contributed by atoms with Gasteiger partial charge >= 0.3 is 0 Å². The number of hydrogen-bond acceptors (Lipinski definition) is 3. The van der Waals surface area contributed by atoms with Crippen LogP contribution in [0.15, 0.2) is 24.4 Å². The van der Waals surface area contributed by atoms with Crippen LogP contribution in [0.3, 0.4) is 0 Å². The standard InChI is InChI=1S/C17H17FN4O2/c1-10-3-2-4-13-14(7-20-16(10)13)17(24)21-8-15(23)22-9-11(18)5-12(22)6-19/h2-4,7,11-12,20H,5,8-9H2,1H3,(H,21,24)/t11?,12-/m0/s1. The summed E-state index contributed by atoms with van der Waals surface area (Å²) in [5, 5.41) is 12.3. The van der Waals surface area contributed by atoms with Gasteiger partial charge < -0.3 is 15.2 Å². The minimum atomic E-state index is -1.19. The molecule has 2 heterocycles. The Hall–Kier alpha value is -2.88. The molecule has 0 spiro atoms. The first-order chi connectivity index (χ1) is 11.5. The Kier molecular flexibility index (Phi) is 4.21. The highest BCUT2D eigenvalue weighted by Crippen LogP contribution is 2.22. The first kappa shape index (κ1) is 16.0. The number of para-hydroxylation sites is 1. The molecule has 2 atom stereocenters. The number of hydrogen-bond donors (Lipinski definition) is 2. The number of aromatic nitrogens is 1. The summed E-state index contributed by atoms with van der Waals surface area (Å²) in [4.78, 5) is 28.7. The number of rotatable bonds is 3. The summed E-state index contributed by atoms with van der Waals surface area (Å²) in [6.07, 6.45) is 0.437. The van der Waals surface area contributed by atoms with Gasteiger partial charge in [-0.05, 0) is 12.5 Å². The second-order valence-corrected chi connectivity index (χ2v) is 5.91. The normalized spacial score (nSPS) is 20.1. The van der Waals surface area contributed by atoms with Crippen LogP contribution in [-0.2, 0) is 4.79 Å². The van der Waals surface area contributed by atoms with Gasteiger partial charge in [0.1, 0.15) is 12.2 Å². The third kappa shape index (κ3) is 2.83. The lowest BCUT2D eigenvalue weighted by molar-refractivity contribution is -0.130. The number of H-pyrrole nitrogens is 1. The average molecular weight is 328 g/mol. The number of nitrogens with one attached hydrogen (secondary N) is 2. The van der Waals surface area contributed by atoms with Gasteiger partial charge in [-0.25, -0.2) is 4.39 Å². The topological polar surface area (TPSA) is 89.0 Å². The molecule has 2 amide bonds. The fourth-order valence-electron chi connectivity index (χ4n) is 3.03. The maximum absolute atomic E-state index is 13.4. The number of likely N-dealkylation sites (tertiary alicyclic amines) is 1. The Bertz CT molecular complexity index is 839. The number of alkyl halides is 1. The van der Waals surface area contributed by atoms with Crippen LogP contribution < -0.4 is 5.32 Å². The van der Waals surface area contributed by atoms with E-state index < -0.39 is 18.1 Å². The molecule has 2 N–H and O–H groups in total. The van der Waals surface area contributed by atoms with Crippen molar-refractivity contribution in [2.75, 3.05) is 13.1 Å². The molecule has 2 aromatic rings. The highest BCUT2D eigenvalue weighted by molar-refractivity contribution is 6.08. The van der Waals surface area contributed by atoms with E-state index >= 15 is 0 Å². The molecule has 1 aliphatic rings. The van der Waals surface area contributed by atoms with E-state index in [4.69, 9.17) is 5.26 Å². The molecule has 6 nitrogen and oxygen atoms in total. The van der Waals surface area contributed by atoms with Crippen molar-refractivity contribution in [3.05, 3.63) is 35.5 Å². The van der Waals surface area contributed by atoms with Crippen molar-refractivity contribution in [2.45, 2.75) is 25.6 Å². The Morgan fingerprint density at radius 3 is 3.04 bits per heavy atom. The molecule has 1 unspecified atom stereocenters. The minimum Gasteiger partial charge on any atom is -0.360 e. The third-order valence-electron chi connectivity index (χ3n) is 4.29. The van der Waals surface area contributed by atoms with Gasteiger partial charge in [0.15, 0.2) is 0 Å². The van der Waals surface area contributed by atoms with Crippen LogP contribution >= 0.6 is 0 Å². The van der Waals surface area contributed by atoms with Gasteiger partial charge in [0.05, 0.1) is 24.7 Å². The molecule has 0 aliphatic carbocycles. The fraction of sp³-hybridized carbons (Fsp3) is 0.353. The number of benzene rings is 1. The number of nitrogens with zero attached hydrogens (tertiary/aromatic N) is 2. The van der Waals surface area contributed by atoms with E-state index in [-0.39, 0.29) is 25.4 Å². The SMILES string of the molecule is Cc1cccc2c(C(=O)NCC(=O)N3CC(F)C[C@H]3C#N)c[nH]c12. The Labute approximate surface area is 138 Å². The van der Waals surface area contributed by atoms with Crippen molar-refractivity contribution in [1.82, 2.24) is 15.2 Å². The molecule has 0 saturated carbocycles. The first-order valence-electron chi connectivity index (χ1n) is 7.69. The molecule has 1 aliphatic heterocycles. The van der Waals surface area contributed by atoms with Gasteiger partial charge in [0.2, 0.25) is 5.91 Å². The summed E-state index contributed by atoms with van der Waals surface area (Å²) in [5.74, 6) is -0.837. The molecule has 0 radical (unpaired) electrons. The van der Waals surface area contributed by atoms with Gasteiger partial charge in [0.25, 0.3) is 5.91 Å². The maximum atomic E-state index is 13.4. The summed E-state index contributed by atoms with van der Waals surface area (Å²) in [7, 11) is 0. The zero-order chi connectivity index (χ0) is 17.3. The van der Waals surface area contributed by atoms with Crippen LogP contribution in [0.2, 0.25) is 0 Å². The zero-order valence-electron chi connectivity index (χ0n) is 13.2. The van der Waals surface area contributed by atoms with Crippen LogP contribution in [-0.4, -0.2) is 47.0 Å². The molecule has 1 fully saturated rings. The van der Waals surface area contributed by atoms with E-state index in [0.717, 1.165) is 16.5 Å². The molecule has 3 rings (SSSR count). The average Bonchev–Trinajstić information content (AvgIpc) is 3.16. The zero-order valence-corrected chi connectivity index (χ0v) is 13.2. The quantitative estimate of drug-likeness (QED) is 0.898. The largest absolute Gasteiger partial charge is 0.360 e. The summed E-state index contributed by atoms with van der Waals surface area (Å²) < 4.78 is 13.4. The Balaban J connectivity index is 1.68. The number of halogens is 1. The third-order valence-corrected chi connectivity index (χ3v) is 4.29. The van der Waals surface area contributed by atoms with Crippen LogP contribution in [0.25, 0.3) is 10.9 Å². The van der Waals surface area contributed by atoms with Crippen LogP contribution in [0, 0.1) is 18.3 Å². The van der Waals surface area contributed by atoms with E-state index in [1.165, 1.54) is 4.90 Å². The fourth-order valence-corrected chi connectivity index (χ4v) is 3.03. The molecule has 1 aromatic heterocycles. The summed E-state index contributed by atoms with van der Waals surface area (Å²) in [5.41, 5.74) is 2.34. The Morgan fingerprint density at radius 2 is 2.29 bits per heavy atom. The predicted octanol–water partition coefficient (Wildman–Crippen LogP) is 1.67. The van der Waals surface area contributed by atoms with Gasteiger partial charge in [0, 0.05) is 23.5 Å². The van der Waals surface area contributed by atoms with E-state index in [0.29, 0.717) is 5.56 Å². The molecule has 124 valence electrons. The van der Waals surface area contributed by atoms with Crippen molar-refractivity contribution < 1.29 is 14.0 Å². The number of fused-ring (bicyclic) bond motifs is 1.